The summed E-state index contributed by atoms with van der Waals surface area (Å²) in [6, 6.07) is 4.35. The normalized spacial score (nSPS) is 13.7. The number of nitrogens with two attached hydrogens (primary N) is 1. The fourth-order valence-electron chi connectivity index (χ4n) is 1.60. The molecule has 0 fully saturated rings. The molecular weight excluding hydrogens is 237 g/mol. The Morgan fingerprint density at radius 3 is 2.44 bits per heavy atom. The van der Waals surface area contributed by atoms with Crippen LogP contribution in [0.1, 0.15) is 25.5 Å². The van der Waals surface area contributed by atoms with Gasteiger partial charge in [0.1, 0.15) is 5.82 Å². The standard InChI is InChI=1S/C12H16FN3O2/c1-7(9-5-3-4-6-10(9)13)15-8(2)11(17)16-12(14)18/h3-8,15H,1-2H3,(H3,14,16,17,18)/t7-,8?/m1/s1. The molecular formula is C12H16FN3O2. The number of amides is 3. The minimum absolute atomic E-state index is 0.347. The molecule has 0 aliphatic rings. The van der Waals surface area contributed by atoms with E-state index in [2.05, 4.69) is 5.32 Å². The highest BCUT2D eigenvalue weighted by atomic mass is 19.1. The van der Waals surface area contributed by atoms with Gasteiger partial charge < -0.3 is 5.73 Å². The lowest BCUT2D eigenvalue weighted by atomic mass is 10.1. The van der Waals surface area contributed by atoms with Gasteiger partial charge in [0.25, 0.3) is 0 Å². The maximum atomic E-state index is 13.5. The Balaban J connectivity index is 2.65. The average Bonchev–Trinajstić information content (AvgIpc) is 2.28. The van der Waals surface area contributed by atoms with Crippen molar-refractivity contribution in [2.45, 2.75) is 25.9 Å². The van der Waals surface area contributed by atoms with Crippen molar-refractivity contribution < 1.29 is 14.0 Å². The maximum absolute atomic E-state index is 13.5. The highest BCUT2D eigenvalue weighted by Crippen LogP contribution is 2.16. The van der Waals surface area contributed by atoms with Gasteiger partial charge in [-0.1, -0.05) is 18.2 Å². The zero-order chi connectivity index (χ0) is 13.7. The van der Waals surface area contributed by atoms with E-state index in [1.807, 2.05) is 5.32 Å². The molecule has 0 aromatic heterocycles. The number of halogens is 1. The summed E-state index contributed by atoms with van der Waals surface area (Å²) in [4.78, 5) is 22.0. The van der Waals surface area contributed by atoms with Crippen LogP contribution >= 0.6 is 0 Å². The van der Waals surface area contributed by atoms with Crippen LogP contribution in [0.4, 0.5) is 9.18 Å². The van der Waals surface area contributed by atoms with Crippen LogP contribution in [0, 0.1) is 5.82 Å². The van der Waals surface area contributed by atoms with E-state index < -0.39 is 18.0 Å². The third kappa shape index (κ3) is 3.81. The number of hydrogen-bond donors (Lipinski definition) is 3. The first kappa shape index (κ1) is 14.1. The van der Waals surface area contributed by atoms with Crippen molar-refractivity contribution in [2.24, 2.45) is 5.73 Å². The monoisotopic (exact) mass is 253 g/mol. The predicted molar refractivity (Wildman–Crippen MR) is 65.1 cm³/mol. The second-order valence-corrected chi connectivity index (χ2v) is 3.99. The predicted octanol–water partition coefficient (Wildman–Crippen LogP) is 1.06. The lowest BCUT2D eigenvalue weighted by Gasteiger charge is -2.19. The van der Waals surface area contributed by atoms with Crippen LogP contribution < -0.4 is 16.4 Å². The van der Waals surface area contributed by atoms with Gasteiger partial charge in [0.05, 0.1) is 6.04 Å². The first-order valence-corrected chi connectivity index (χ1v) is 5.52. The summed E-state index contributed by atoms with van der Waals surface area (Å²) in [5.74, 6) is -0.898. The largest absolute Gasteiger partial charge is 0.351 e. The summed E-state index contributed by atoms with van der Waals surface area (Å²) in [6.07, 6.45) is 0. The molecule has 0 heterocycles. The lowest BCUT2D eigenvalue weighted by Crippen LogP contribution is -2.47. The Bertz CT molecular complexity index is 451. The summed E-state index contributed by atoms with van der Waals surface area (Å²) in [5.41, 5.74) is 5.29. The Labute approximate surface area is 105 Å². The number of nitrogens with one attached hydrogen (secondary N) is 2. The smallest absolute Gasteiger partial charge is 0.318 e. The zero-order valence-electron chi connectivity index (χ0n) is 10.2. The fraction of sp³-hybridized carbons (Fsp3) is 0.333. The summed E-state index contributed by atoms with van der Waals surface area (Å²) < 4.78 is 13.5. The molecule has 3 amide bonds. The average molecular weight is 253 g/mol. The molecule has 4 N–H and O–H groups in total. The van der Waals surface area contributed by atoms with Crippen molar-refractivity contribution in [2.75, 3.05) is 0 Å². The fourth-order valence-corrected chi connectivity index (χ4v) is 1.60. The van der Waals surface area contributed by atoms with E-state index in [4.69, 9.17) is 5.73 Å². The van der Waals surface area contributed by atoms with E-state index >= 15 is 0 Å². The molecule has 1 rings (SSSR count). The zero-order valence-corrected chi connectivity index (χ0v) is 10.2. The number of benzene rings is 1. The van der Waals surface area contributed by atoms with Gasteiger partial charge >= 0.3 is 6.03 Å². The molecule has 0 radical (unpaired) electrons. The molecule has 1 aromatic carbocycles. The van der Waals surface area contributed by atoms with Crippen molar-refractivity contribution in [3.05, 3.63) is 35.6 Å². The number of urea groups is 1. The van der Waals surface area contributed by atoms with E-state index in [9.17, 15) is 14.0 Å². The number of imide groups is 1. The van der Waals surface area contributed by atoms with Crippen LogP contribution in [0.2, 0.25) is 0 Å². The Morgan fingerprint density at radius 2 is 1.89 bits per heavy atom. The van der Waals surface area contributed by atoms with Gasteiger partial charge in [-0.25, -0.2) is 9.18 Å². The van der Waals surface area contributed by atoms with Crippen molar-refractivity contribution in [3.8, 4) is 0 Å². The highest BCUT2D eigenvalue weighted by Gasteiger charge is 2.18. The van der Waals surface area contributed by atoms with Crippen molar-refractivity contribution in [1.82, 2.24) is 10.6 Å². The molecule has 0 aliphatic carbocycles. The molecule has 0 saturated heterocycles. The minimum Gasteiger partial charge on any atom is -0.351 e. The Hall–Kier alpha value is -1.95. The van der Waals surface area contributed by atoms with Crippen molar-refractivity contribution >= 4 is 11.9 Å². The summed E-state index contributed by atoms with van der Waals surface area (Å²) in [5, 5.41) is 4.84. The summed E-state index contributed by atoms with van der Waals surface area (Å²) in [6.45, 7) is 3.29. The number of carbonyl (C=O) groups is 2. The van der Waals surface area contributed by atoms with Gasteiger partial charge in [-0.3, -0.25) is 15.4 Å². The third-order valence-corrected chi connectivity index (χ3v) is 2.51. The van der Waals surface area contributed by atoms with Gasteiger partial charge in [-0.2, -0.15) is 0 Å². The molecule has 0 bridgehead atoms. The molecule has 0 spiro atoms. The molecule has 0 saturated carbocycles. The number of primary amides is 1. The van der Waals surface area contributed by atoms with Gasteiger partial charge in [0, 0.05) is 11.6 Å². The van der Waals surface area contributed by atoms with E-state index in [0.29, 0.717) is 5.56 Å². The number of carbonyl (C=O) groups excluding carboxylic acids is 2. The third-order valence-electron chi connectivity index (χ3n) is 2.51. The lowest BCUT2D eigenvalue weighted by molar-refractivity contribution is -0.121. The SMILES string of the molecule is CC(N[C@H](C)c1ccccc1F)C(=O)NC(N)=O. The van der Waals surface area contributed by atoms with Crippen LogP contribution in [0.3, 0.4) is 0 Å². The first-order valence-electron chi connectivity index (χ1n) is 5.52. The van der Waals surface area contributed by atoms with Crippen LogP contribution in [-0.2, 0) is 4.79 Å². The Kier molecular flexibility index (Phi) is 4.79. The molecule has 98 valence electrons. The van der Waals surface area contributed by atoms with Gasteiger partial charge in [-0.05, 0) is 19.9 Å². The van der Waals surface area contributed by atoms with Crippen LogP contribution in [0.25, 0.3) is 0 Å². The molecule has 6 heteroatoms. The maximum Gasteiger partial charge on any atom is 0.318 e. The van der Waals surface area contributed by atoms with Gasteiger partial charge in [-0.15, -0.1) is 0 Å². The summed E-state index contributed by atoms with van der Waals surface area (Å²) >= 11 is 0. The van der Waals surface area contributed by atoms with Crippen LogP contribution in [-0.4, -0.2) is 18.0 Å². The Morgan fingerprint density at radius 1 is 1.28 bits per heavy atom. The molecule has 0 aliphatic heterocycles. The van der Waals surface area contributed by atoms with E-state index in [1.165, 1.54) is 6.07 Å². The quantitative estimate of drug-likeness (QED) is 0.750. The second kappa shape index (κ2) is 6.11. The molecule has 1 aromatic rings. The second-order valence-electron chi connectivity index (χ2n) is 3.99. The molecule has 5 nitrogen and oxygen atoms in total. The van der Waals surface area contributed by atoms with Crippen LogP contribution in [0.15, 0.2) is 24.3 Å². The van der Waals surface area contributed by atoms with Crippen LogP contribution in [0.5, 0.6) is 0 Å². The van der Waals surface area contributed by atoms with E-state index in [0.717, 1.165) is 0 Å². The molecule has 18 heavy (non-hydrogen) atoms. The summed E-state index contributed by atoms with van der Waals surface area (Å²) in [7, 11) is 0. The van der Waals surface area contributed by atoms with E-state index in [-0.39, 0.29) is 11.9 Å². The molecule has 2 atom stereocenters. The first-order chi connectivity index (χ1) is 8.41. The number of hydrogen-bond acceptors (Lipinski definition) is 3. The van der Waals surface area contributed by atoms with Crippen molar-refractivity contribution in [1.29, 1.82) is 0 Å². The highest BCUT2D eigenvalue weighted by molar-refractivity contribution is 5.96. The van der Waals surface area contributed by atoms with Crippen molar-refractivity contribution in [3.63, 3.8) is 0 Å². The topological polar surface area (TPSA) is 84.2 Å². The van der Waals surface area contributed by atoms with E-state index in [1.54, 1.807) is 32.0 Å². The minimum atomic E-state index is -0.910. The molecule has 1 unspecified atom stereocenters. The number of rotatable bonds is 4. The van der Waals surface area contributed by atoms with Gasteiger partial charge in [0.15, 0.2) is 0 Å². The van der Waals surface area contributed by atoms with Gasteiger partial charge in [0.2, 0.25) is 5.91 Å².